The Labute approximate surface area is 371 Å². The molecule has 63 heavy (non-hydrogen) atoms. The van der Waals surface area contributed by atoms with Crippen LogP contribution in [-0.2, 0) is 25.5 Å². The fraction of sp³-hybridized carbons (Fsp3) is 0.306. The van der Waals surface area contributed by atoms with Crippen molar-refractivity contribution in [1.29, 1.82) is 0 Å². The number of carbonyl (C=O) groups excluding carboxylic acids is 4. The van der Waals surface area contributed by atoms with Crippen LogP contribution >= 0.6 is 11.3 Å². The Kier molecular flexibility index (Phi) is 19.4. The Morgan fingerprint density at radius 2 is 1.22 bits per heavy atom. The van der Waals surface area contributed by atoms with Gasteiger partial charge in [0.25, 0.3) is 0 Å². The molecule has 0 atom stereocenters. The van der Waals surface area contributed by atoms with Crippen molar-refractivity contribution in [2.45, 2.75) is 71.1 Å². The van der Waals surface area contributed by atoms with Gasteiger partial charge in [-0.05, 0) is 124 Å². The summed E-state index contributed by atoms with van der Waals surface area (Å²) in [5.41, 5.74) is 5.77. The number of carbonyl (C=O) groups is 4. The smallest absolute Gasteiger partial charge is 0.343 e. The average Bonchev–Trinajstić information content (AvgIpc) is 3.72. The molecule has 0 aliphatic rings. The molecule has 0 saturated heterocycles. The maximum absolute atomic E-state index is 13.7. The normalized spacial score (nSPS) is 10.9. The lowest BCUT2D eigenvalue weighted by Crippen LogP contribution is -2.14. The van der Waals surface area contributed by atoms with E-state index in [0.29, 0.717) is 42.5 Å². The van der Waals surface area contributed by atoms with Crippen molar-refractivity contribution in [3.05, 3.63) is 132 Å². The standard InChI is InChI=1S/C49H53N3O10S/c1-4-17-35-20-22-36(23-21-35)48(56)62-42-29-28-41(61-47(55)37-24-26-38(27-25-37)57-30-13-7-8-14-31-58-44(53)5-2)39(34-50-52-49-51-40-18-11-12-19-43(40)63-49)46(42)60-33-16-10-9-15-32-59-45(54)6-3/h5-6,11-12,18-29,34H,2-4,7-10,13-17,30-33H2,1H3,(H,51,52)/b50-34+. The molecule has 330 valence electrons. The number of fused-ring (bicyclic) bond motifs is 1. The molecule has 1 N–H and O–H groups in total. The third-order valence-electron chi connectivity index (χ3n) is 9.41. The molecule has 0 amide bonds. The molecule has 0 aliphatic carbocycles. The lowest BCUT2D eigenvalue weighted by Gasteiger charge is -2.17. The maximum atomic E-state index is 13.7. The second-order valence-corrected chi connectivity index (χ2v) is 15.2. The summed E-state index contributed by atoms with van der Waals surface area (Å²) in [6.07, 6.45) is 11.8. The molecule has 0 aliphatic heterocycles. The number of hydrogen-bond acceptors (Lipinski definition) is 14. The van der Waals surface area contributed by atoms with Gasteiger partial charge in [-0.2, -0.15) is 5.10 Å². The van der Waals surface area contributed by atoms with Crippen LogP contribution < -0.4 is 24.4 Å². The largest absolute Gasteiger partial charge is 0.494 e. The van der Waals surface area contributed by atoms with E-state index in [4.69, 9.17) is 28.4 Å². The molecule has 0 unspecified atom stereocenters. The number of anilines is 1. The highest BCUT2D eigenvalue weighted by molar-refractivity contribution is 7.22. The molecule has 5 aromatic rings. The second kappa shape index (κ2) is 25.9. The third kappa shape index (κ3) is 15.6. The highest BCUT2D eigenvalue weighted by Gasteiger charge is 2.22. The number of esters is 4. The van der Waals surface area contributed by atoms with Gasteiger partial charge in [0.15, 0.2) is 11.5 Å². The van der Waals surface area contributed by atoms with Gasteiger partial charge < -0.3 is 28.4 Å². The lowest BCUT2D eigenvalue weighted by molar-refractivity contribution is -0.138. The number of aryl methyl sites for hydroxylation is 1. The fourth-order valence-corrected chi connectivity index (χ4v) is 6.93. The van der Waals surface area contributed by atoms with Crippen molar-refractivity contribution in [2.75, 3.05) is 31.9 Å². The number of para-hydroxylation sites is 1. The molecule has 0 fully saturated rings. The zero-order valence-electron chi connectivity index (χ0n) is 35.5. The van der Waals surface area contributed by atoms with Crippen LogP contribution in [0.3, 0.4) is 0 Å². The average molecular weight is 876 g/mol. The second-order valence-electron chi connectivity index (χ2n) is 14.2. The molecule has 5 rings (SSSR count). The van der Waals surface area contributed by atoms with Gasteiger partial charge in [0.2, 0.25) is 5.13 Å². The number of unbranched alkanes of at least 4 members (excludes halogenated alkanes) is 6. The quantitative estimate of drug-likeness (QED) is 0.0133. The van der Waals surface area contributed by atoms with Crippen molar-refractivity contribution in [3.63, 3.8) is 0 Å². The number of aromatic nitrogens is 1. The predicted octanol–water partition coefficient (Wildman–Crippen LogP) is 10.5. The first-order chi connectivity index (χ1) is 30.8. The third-order valence-corrected chi connectivity index (χ3v) is 10.3. The van der Waals surface area contributed by atoms with E-state index in [2.05, 4.69) is 35.6 Å². The molecule has 4 aromatic carbocycles. The van der Waals surface area contributed by atoms with Gasteiger partial charge in [-0.1, -0.05) is 62.1 Å². The predicted molar refractivity (Wildman–Crippen MR) is 244 cm³/mol. The van der Waals surface area contributed by atoms with E-state index in [9.17, 15) is 19.2 Å². The number of nitrogens with one attached hydrogen (secondary N) is 1. The van der Waals surface area contributed by atoms with Crippen LogP contribution in [0.1, 0.15) is 96.6 Å². The van der Waals surface area contributed by atoms with Crippen LogP contribution in [0.15, 0.2) is 115 Å². The van der Waals surface area contributed by atoms with Crippen molar-refractivity contribution >= 4 is 56.8 Å². The topological polar surface area (TPSA) is 161 Å². The van der Waals surface area contributed by atoms with Crippen LogP contribution in [0.2, 0.25) is 0 Å². The first-order valence-electron chi connectivity index (χ1n) is 21.1. The van der Waals surface area contributed by atoms with E-state index in [0.717, 1.165) is 79.3 Å². The molecule has 0 spiro atoms. The summed E-state index contributed by atoms with van der Waals surface area (Å²) in [6.45, 7) is 10.2. The van der Waals surface area contributed by atoms with Gasteiger partial charge in [-0.3, -0.25) is 5.43 Å². The summed E-state index contributed by atoms with van der Waals surface area (Å²) in [6, 6.07) is 24.7. The Morgan fingerprint density at radius 1 is 0.667 bits per heavy atom. The fourth-order valence-electron chi connectivity index (χ4n) is 6.12. The number of hydrazone groups is 1. The summed E-state index contributed by atoms with van der Waals surface area (Å²) >= 11 is 1.42. The van der Waals surface area contributed by atoms with Crippen LogP contribution in [0.5, 0.6) is 23.0 Å². The van der Waals surface area contributed by atoms with Gasteiger partial charge >= 0.3 is 23.9 Å². The van der Waals surface area contributed by atoms with Crippen molar-refractivity contribution < 1.29 is 47.6 Å². The molecular formula is C49H53N3O10S. The van der Waals surface area contributed by atoms with Crippen molar-refractivity contribution in [3.8, 4) is 23.0 Å². The molecule has 1 heterocycles. The van der Waals surface area contributed by atoms with E-state index in [1.165, 1.54) is 29.7 Å². The van der Waals surface area contributed by atoms with E-state index in [-0.39, 0.29) is 41.6 Å². The van der Waals surface area contributed by atoms with Gasteiger partial charge in [0, 0.05) is 12.2 Å². The van der Waals surface area contributed by atoms with Crippen LogP contribution in [0.4, 0.5) is 5.13 Å². The van der Waals surface area contributed by atoms with Gasteiger partial charge in [0.1, 0.15) is 11.5 Å². The van der Waals surface area contributed by atoms with E-state index in [1.54, 1.807) is 36.4 Å². The van der Waals surface area contributed by atoms with Crippen molar-refractivity contribution in [2.24, 2.45) is 5.10 Å². The summed E-state index contributed by atoms with van der Waals surface area (Å²) in [5, 5.41) is 5.00. The summed E-state index contributed by atoms with van der Waals surface area (Å²) in [4.78, 5) is 54.4. The minimum atomic E-state index is -0.646. The Balaban J connectivity index is 1.34. The molecular weight excluding hydrogens is 823 g/mol. The monoisotopic (exact) mass is 875 g/mol. The first-order valence-corrected chi connectivity index (χ1v) is 21.9. The minimum absolute atomic E-state index is 0.104. The highest BCUT2D eigenvalue weighted by atomic mass is 32.1. The van der Waals surface area contributed by atoms with Gasteiger partial charge in [0.05, 0.1) is 59.5 Å². The van der Waals surface area contributed by atoms with Crippen LogP contribution in [-0.4, -0.2) is 61.5 Å². The minimum Gasteiger partial charge on any atom is -0.494 e. The number of hydrogen-bond donors (Lipinski definition) is 1. The van der Waals surface area contributed by atoms with E-state index in [1.807, 2.05) is 36.4 Å². The van der Waals surface area contributed by atoms with Gasteiger partial charge in [-0.25, -0.2) is 24.2 Å². The Morgan fingerprint density at radius 3 is 1.83 bits per heavy atom. The Bertz CT molecular complexity index is 2290. The number of benzene rings is 4. The summed E-state index contributed by atoms with van der Waals surface area (Å²) in [7, 11) is 0. The van der Waals surface area contributed by atoms with Crippen molar-refractivity contribution in [1.82, 2.24) is 4.98 Å². The van der Waals surface area contributed by atoms with Gasteiger partial charge in [-0.15, -0.1) is 0 Å². The lowest BCUT2D eigenvalue weighted by atomic mass is 10.1. The molecule has 0 radical (unpaired) electrons. The Hall–Kier alpha value is -6.80. The summed E-state index contributed by atoms with van der Waals surface area (Å²) < 4.78 is 35.3. The molecule has 13 nitrogen and oxygen atoms in total. The maximum Gasteiger partial charge on any atom is 0.343 e. The summed E-state index contributed by atoms with van der Waals surface area (Å²) in [5.74, 6) is -1.16. The SMILES string of the molecule is C=CC(=O)OCCCCCCOc1ccc(C(=O)Oc2ccc(OC(=O)c3ccc(CCC)cc3)c(OCCCCCCOC(=O)C=C)c2/C=N/Nc2nc3ccccc3s2)cc1. The van der Waals surface area contributed by atoms with Crippen LogP contribution in [0.25, 0.3) is 10.2 Å². The highest BCUT2D eigenvalue weighted by Crippen LogP contribution is 2.38. The van der Waals surface area contributed by atoms with E-state index >= 15 is 0 Å². The number of ether oxygens (including phenoxy) is 6. The number of nitrogens with zero attached hydrogens (tertiary/aromatic N) is 2. The number of thiazole rings is 1. The molecule has 14 heteroatoms. The zero-order valence-corrected chi connectivity index (χ0v) is 36.3. The van der Waals surface area contributed by atoms with Crippen LogP contribution in [0, 0.1) is 0 Å². The molecule has 1 aromatic heterocycles. The van der Waals surface area contributed by atoms with E-state index < -0.39 is 23.9 Å². The first kappa shape index (κ1) is 47.3. The molecule has 0 saturated carbocycles. The zero-order chi connectivity index (χ0) is 44.7. The number of rotatable bonds is 27. The molecule has 0 bridgehead atoms.